The van der Waals surface area contributed by atoms with Gasteiger partial charge in [-0.25, -0.2) is 0 Å². The number of hydrogen-bond acceptors (Lipinski definition) is 0. The summed E-state index contributed by atoms with van der Waals surface area (Å²) in [6.45, 7) is 4.52. The molecule has 2 aliphatic carbocycles. The van der Waals surface area contributed by atoms with E-state index in [9.17, 15) is 0 Å². The van der Waals surface area contributed by atoms with Crippen molar-refractivity contribution in [3.05, 3.63) is 18.1 Å². The summed E-state index contributed by atoms with van der Waals surface area (Å²) in [5.74, 6) is 4.49. The van der Waals surface area contributed by atoms with Gasteiger partial charge in [0, 0.05) is 20.4 Å². The summed E-state index contributed by atoms with van der Waals surface area (Å²) in [5.41, 5.74) is 0. The van der Waals surface area contributed by atoms with Crippen molar-refractivity contribution in [1.29, 1.82) is 0 Å². The summed E-state index contributed by atoms with van der Waals surface area (Å²) in [6.07, 6.45) is 9.16. The van der Waals surface area contributed by atoms with E-state index < -0.39 is 0 Å². The van der Waals surface area contributed by atoms with Crippen LogP contribution in [0.4, 0.5) is 0 Å². The minimum Gasteiger partial charge on any atom is -0.319 e. The first-order chi connectivity index (χ1) is 5.25. The SMILES string of the molecule is C[C-](C)CC1CC2C=CC1C2.[Re]. The van der Waals surface area contributed by atoms with Crippen molar-refractivity contribution in [3.8, 4) is 0 Å². The van der Waals surface area contributed by atoms with Crippen LogP contribution >= 0.6 is 0 Å². The normalized spacial score (nSPS) is 37.4. The fourth-order valence-electron chi connectivity index (χ4n) is 2.65. The zero-order valence-corrected chi connectivity index (χ0v) is 10.6. The van der Waals surface area contributed by atoms with Crippen LogP contribution in [0.25, 0.3) is 0 Å². The molecule has 1 saturated carbocycles. The van der Waals surface area contributed by atoms with Gasteiger partial charge in [-0.15, -0.1) is 0 Å². The van der Waals surface area contributed by atoms with E-state index in [-0.39, 0.29) is 20.4 Å². The zero-order chi connectivity index (χ0) is 7.84. The second-order valence-electron chi connectivity index (χ2n) is 4.45. The maximum atomic E-state index is 2.45. The molecular weight excluding hydrogens is 318 g/mol. The third-order valence-electron chi connectivity index (χ3n) is 3.09. The Kier molecular flexibility index (Phi) is 3.56. The first-order valence-corrected chi connectivity index (χ1v) is 4.73. The van der Waals surface area contributed by atoms with Gasteiger partial charge in [-0.3, -0.25) is 0 Å². The summed E-state index contributed by atoms with van der Waals surface area (Å²) in [4.78, 5) is 0. The van der Waals surface area contributed by atoms with E-state index in [1.165, 1.54) is 19.3 Å². The fourth-order valence-corrected chi connectivity index (χ4v) is 2.65. The molecule has 0 aromatic rings. The minimum absolute atomic E-state index is 0. The van der Waals surface area contributed by atoms with Crippen LogP contribution in [0.1, 0.15) is 33.1 Å². The van der Waals surface area contributed by atoms with Crippen molar-refractivity contribution >= 4 is 0 Å². The first kappa shape index (κ1) is 10.5. The standard InChI is InChI=1S/C11H17.Re/c1-8(2)5-11-7-9-3-4-10(11)6-9;/h3-4,9-11H,5-7H2,1-2H3;/q-1;. The van der Waals surface area contributed by atoms with Gasteiger partial charge in [-0.1, -0.05) is 18.1 Å². The van der Waals surface area contributed by atoms with Gasteiger partial charge in [0.2, 0.25) is 0 Å². The Bertz CT molecular complexity index is 172. The molecule has 0 amide bonds. The molecule has 1 fully saturated rings. The van der Waals surface area contributed by atoms with E-state index in [0.29, 0.717) is 0 Å². The van der Waals surface area contributed by atoms with Crippen LogP contribution in [0.5, 0.6) is 0 Å². The first-order valence-electron chi connectivity index (χ1n) is 4.73. The molecule has 2 rings (SSSR count). The summed E-state index contributed by atoms with van der Waals surface area (Å²) < 4.78 is 0. The Morgan fingerprint density at radius 1 is 1.25 bits per heavy atom. The Morgan fingerprint density at radius 2 is 2.00 bits per heavy atom. The molecule has 12 heavy (non-hydrogen) atoms. The Hall–Kier alpha value is 0.402. The predicted molar refractivity (Wildman–Crippen MR) is 48.1 cm³/mol. The largest absolute Gasteiger partial charge is 0.319 e. The maximum absolute atomic E-state index is 2.45. The van der Waals surface area contributed by atoms with Crippen LogP contribution in [0.15, 0.2) is 12.2 Å². The van der Waals surface area contributed by atoms with E-state index in [1.807, 2.05) is 0 Å². The third-order valence-corrected chi connectivity index (χ3v) is 3.09. The van der Waals surface area contributed by atoms with Gasteiger partial charge >= 0.3 is 0 Å². The van der Waals surface area contributed by atoms with Crippen molar-refractivity contribution in [2.75, 3.05) is 0 Å². The minimum atomic E-state index is 0. The van der Waals surface area contributed by atoms with Crippen LogP contribution in [0.3, 0.4) is 0 Å². The van der Waals surface area contributed by atoms with Crippen molar-refractivity contribution in [2.24, 2.45) is 17.8 Å². The molecule has 69 valence electrons. The summed E-state index contributed by atoms with van der Waals surface area (Å²) in [7, 11) is 0. The quantitative estimate of drug-likeness (QED) is 0.537. The van der Waals surface area contributed by atoms with Crippen molar-refractivity contribution in [1.82, 2.24) is 0 Å². The van der Waals surface area contributed by atoms with Crippen LogP contribution in [0.2, 0.25) is 0 Å². The second kappa shape index (κ2) is 4.07. The summed E-state index contributed by atoms with van der Waals surface area (Å²) in [6, 6.07) is 0. The van der Waals surface area contributed by atoms with Gasteiger partial charge in [0.05, 0.1) is 0 Å². The van der Waals surface area contributed by atoms with Gasteiger partial charge in [0.1, 0.15) is 0 Å². The summed E-state index contributed by atoms with van der Waals surface area (Å²) in [5, 5.41) is 0. The molecule has 2 aliphatic rings. The molecular formula is C11H17Re-. The van der Waals surface area contributed by atoms with Crippen LogP contribution in [-0.4, -0.2) is 0 Å². The molecule has 0 spiro atoms. The molecule has 0 nitrogen and oxygen atoms in total. The van der Waals surface area contributed by atoms with Crippen LogP contribution in [-0.2, 0) is 20.4 Å². The molecule has 2 bridgehead atoms. The smallest absolute Gasteiger partial charge is 0 e. The topological polar surface area (TPSA) is 0 Å². The second-order valence-corrected chi connectivity index (χ2v) is 4.45. The third kappa shape index (κ3) is 2.01. The molecule has 1 radical (unpaired) electrons. The molecule has 0 aromatic heterocycles. The molecule has 0 N–H and O–H groups in total. The van der Waals surface area contributed by atoms with Crippen molar-refractivity contribution < 1.29 is 20.4 Å². The summed E-state index contributed by atoms with van der Waals surface area (Å²) >= 11 is 0. The maximum Gasteiger partial charge on any atom is 0 e. The Balaban J connectivity index is 0.000000720. The van der Waals surface area contributed by atoms with E-state index in [1.54, 1.807) is 5.92 Å². The fraction of sp³-hybridized carbons (Fsp3) is 0.727. The predicted octanol–water partition coefficient (Wildman–Crippen LogP) is 3.20. The Labute approximate surface area is 89.5 Å². The molecule has 3 unspecified atom stereocenters. The Morgan fingerprint density at radius 3 is 2.42 bits per heavy atom. The van der Waals surface area contributed by atoms with Crippen LogP contribution in [0, 0.1) is 23.7 Å². The van der Waals surface area contributed by atoms with Crippen molar-refractivity contribution in [2.45, 2.75) is 33.1 Å². The number of hydrogen-bond donors (Lipinski definition) is 0. The van der Waals surface area contributed by atoms with Gasteiger partial charge in [-0.2, -0.15) is 20.3 Å². The van der Waals surface area contributed by atoms with E-state index in [2.05, 4.69) is 26.0 Å². The molecule has 0 aromatic carbocycles. The number of rotatable bonds is 2. The van der Waals surface area contributed by atoms with Crippen molar-refractivity contribution in [3.63, 3.8) is 0 Å². The molecule has 1 heteroatoms. The number of fused-ring (bicyclic) bond motifs is 2. The van der Waals surface area contributed by atoms with Gasteiger partial charge < -0.3 is 5.92 Å². The molecule has 0 heterocycles. The van der Waals surface area contributed by atoms with E-state index in [0.717, 1.165) is 17.8 Å². The van der Waals surface area contributed by atoms with Crippen LogP contribution < -0.4 is 0 Å². The number of allylic oxidation sites excluding steroid dienone is 2. The molecule has 3 atom stereocenters. The monoisotopic (exact) mass is 336 g/mol. The molecule has 0 aliphatic heterocycles. The van der Waals surface area contributed by atoms with Gasteiger partial charge in [0.15, 0.2) is 0 Å². The van der Waals surface area contributed by atoms with E-state index >= 15 is 0 Å². The molecule has 0 saturated heterocycles. The van der Waals surface area contributed by atoms with Gasteiger partial charge in [0.25, 0.3) is 0 Å². The van der Waals surface area contributed by atoms with E-state index in [4.69, 9.17) is 0 Å². The van der Waals surface area contributed by atoms with Gasteiger partial charge in [-0.05, 0) is 24.7 Å². The average Bonchev–Trinajstić information content (AvgIpc) is 2.45. The zero-order valence-electron chi connectivity index (χ0n) is 7.89. The average molecular weight is 335 g/mol.